The summed E-state index contributed by atoms with van der Waals surface area (Å²) in [4.78, 5) is 21.0. The predicted octanol–water partition coefficient (Wildman–Crippen LogP) is 0.460. The highest BCUT2D eigenvalue weighted by Gasteiger charge is 2.26. The molecule has 0 bridgehead atoms. The zero-order valence-corrected chi connectivity index (χ0v) is 12.5. The number of likely N-dealkylation sites (N-methyl/N-ethyl adjacent to an activating group) is 1. The van der Waals surface area contributed by atoms with Crippen LogP contribution < -0.4 is 9.88 Å². The summed E-state index contributed by atoms with van der Waals surface area (Å²) in [6.07, 6.45) is 11.2. The molecule has 1 unspecified atom stereocenters. The van der Waals surface area contributed by atoms with Crippen LogP contribution in [0.4, 0.5) is 0 Å². The number of aromatic nitrogens is 2. The van der Waals surface area contributed by atoms with Gasteiger partial charge in [0.05, 0.1) is 18.2 Å². The van der Waals surface area contributed by atoms with Crippen molar-refractivity contribution in [2.24, 2.45) is 0 Å². The van der Waals surface area contributed by atoms with E-state index in [1.807, 2.05) is 48.8 Å². The van der Waals surface area contributed by atoms with Crippen molar-refractivity contribution in [3.05, 3.63) is 71.3 Å². The van der Waals surface area contributed by atoms with Gasteiger partial charge in [0.1, 0.15) is 13.1 Å². The maximum atomic E-state index is 12.7. The van der Waals surface area contributed by atoms with Gasteiger partial charge in [-0.25, -0.2) is 4.98 Å². The lowest BCUT2D eigenvalue weighted by molar-refractivity contribution is -0.870. The Morgan fingerprint density at radius 1 is 1.00 bits per heavy atom. The maximum absolute atomic E-state index is 12.7. The monoisotopic (exact) mass is 293 g/mol. The van der Waals surface area contributed by atoms with Gasteiger partial charge in [-0.1, -0.05) is 0 Å². The Labute approximate surface area is 129 Å². The van der Waals surface area contributed by atoms with Crippen LogP contribution in [-0.2, 0) is 4.79 Å². The SMILES string of the molecule is C[NH+]1CC(=Cc2ccncc2)C(=O)C(=Cc2cc[nH+]cc2)C1. The molecular formula is C18H19N3O+2. The molecule has 3 heterocycles. The van der Waals surface area contributed by atoms with Gasteiger partial charge in [-0.2, -0.15) is 0 Å². The smallest absolute Gasteiger partial charge is 0.196 e. The van der Waals surface area contributed by atoms with Gasteiger partial charge in [0.15, 0.2) is 18.2 Å². The number of H-pyrrole nitrogens is 1. The van der Waals surface area contributed by atoms with Gasteiger partial charge in [-0.3, -0.25) is 9.78 Å². The Balaban J connectivity index is 1.92. The van der Waals surface area contributed by atoms with Crippen LogP contribution in [0, 0.1) is 0 Å². The summed E-state index contributed by atoms with van der Waals surface area (Å²) < 4.78 is 0. The second-order valence-corrected chi connectivity index (χ2v) is 5.59. The second-order valence-electron chi connectivity index (χ2n) is 5.59. The first-order valence-corrected chi connectivity index (χ1v) is 7.35. The van der Waals surface area contributed by atoms with Crippen LogP contribution in [0.2, 0.25) is 0 Å². The molecule has 1 aliphatic heterocycles. The Kier molecular flexibility index (Phi) is 4.21. The fraction of sp³-hybridized carbons (Fsp3) is 0.167. The fourth-order valence-electron chi connectivity index (χ4n) is 2.67. The largest absolute Gasteiger partial charge is 0.330 e. The van der Waals surface area contributed by atoms with Crippen molar-refractivity contribution in [3.8, 4) is 0 Å². The van der Waals surface area contributed by atoms with Gasteiger partial charge in [0.25, 0.3) is 0 Å². The van der Waals surface area contributed by atoms with Gasteiger partial charge >= 0.3 is 0 Å². The Morgan fingerprint density at radius 2 is 1.55 bits per heavy atom. The molecule has 110 valence electrons. The first-order valence-electron chi connectivity index (χ1n) is 7.35. The Morgan fingerprint density at radius 3 is 2.14 bits per heavy atom. The average molecular weight is 293 g/mol. The minimum atomic E-state index is 0.148. The zero-order chi connectivity index (χ0) is 15.4. The number of hydrogen-bond donors (Lipinski definition) is 1. The van der Waals surface area contributed by atoms with Crippen LogP contribution in [0.5, 0.6) is 0 Å². The van der Waals surface area contributed by atoms with E-state index >= 15 is 0 Å². The molecule has 22 heavy (non-hydrogen) atoms. The molecule has 0 aliphatic carbocycles. The van der Waals surface area contributed by atoms with E-state index in [4.69, 9.17) is 0 Å². The fourth-order valence-corrected chi connectivity index (χ4v) is 2.67. The molecule has 2 N–H and O–H groups in total. The van der Waals surface area contributed by atoms with Gasteiger partial charge in [0.2, 0.25) is 0 Å². The topological polar surface area (TPSA) is 48.5 Å². The van der Waals surface area contributed by atoms with Gasteiger partial charge in [0, 0.05) is 24.5 Å². The lowest BCUT2D eigenvalue weighted by atomic mass is 9.95. The number of rotatable bonds is 2. The van der Waals surface area contributed by atoms with Crippen molar-refractivity contribution in [2.45, 2.75) is 0 Å². The van der Waals surface area contributed by atoms with Gasteiger partial charge in [-0.15, -0.1) is 0 Å². The van der Waals surface area contributed by atoms with E-state index in [9.17, 15) is 4.79 Å². The number of quaternary nitrogens is 1. The molecule has 0 aromatic carbocycles. The number of aromatic amines is 1. The van der Waals surface area contributed by atoms with Crippen molar-refractivity contribution in [3.63, 3.8) is 0 Å². The minimum absolute atomic E-state index is 0.148. The third-order valence-corrected chi connectivity index (χ3v) is 3.70. The highest BCUT2D eigenvalue weighted by molar-refractivity contribution is 6.14. The number of pyridine rings is 2. The number of carbonyl (C=O) groups is 1. The zero-order valence-electron chi connectivity index (χ0n) is 12.5. The third-order valence-electron chi connectivity index (χ3n) is 3.70. The van der Waals surface area contributed by atoms with Crippen molar-refractivity contribution in [1.82, 2.24) is 4.98 Å². The molecule has 0 amide bonds. The number of nitrogens with one attached hydrogen (secondary N) is 2. The first kappa shape index (κ1) is 14.4. The molecule has 3 rings (SSSR count). The molecule has 0 radical (unpaired) electrons. The molecule has 1 saturated heterocycles. The predicted molar refractivity (Wildman–Crippen MR) is 84.8 cm³/mol. The molecule has 0 saturated carbocycles. The van der Waals surface area contributed by atoms with Gasteiger partial charge < -0.3 is 4.90 Å². The van der Waals surface area contributed by atoms with Gasteiger partial charge in [-0.05, 0) is 35.4 Å². The number of Topliss-reactive ketones (excluding diaryl/α,β-unsaturated/α-hetero) is 1. The van der Waals surface area contributed by atoms with E-state index in [1.165, 1.54) is 4.90 Å². The number of nitrogens with zero attached hydrogens (tertiary/aromatic N) is 1. The molecular weight excluding hydrogens is 274 g/mol. The summed E-state index contributed by atoms with van der Waals surface area (Å²) in [5.74, 6) is 0.148. The van der Waals surface area contributed by atoms with Crippen LogP contribution in [-0.4, -0.2) is 30.9 Å². The third kappa shape index (κ3) is 3.35. The summed E-state index contributed by atoms with van der Waals surface area (Å²) in [6, 6.07) is 7.77. The van der Waals surface area contributed by atoms with Crippen molar-refractivity contribution >= 4 is 17.9 Å². The van der Waals surface area contributed by atoms with E-state index in [0.717, 1.165) is 35.4 Å². The lowest BCUT2D eigenvalue weighted by Crippen LogP contribution is -3.10. The maximum Gasteiger partial charge on any atom is 0.196 e. The van der Waals surface area contributed by atoms with Crippen LogP contribution in [0.15, 0.2) is 60.2 Å². The summed E-state index contributed by atoms with van der Waals surface area (Å²) in [5.41, 5.74) is 3.76. The Bertz CT molecular complexity index is 659. The summed E-state index contributed by atoms with van der Waals surface area (Å²) >= 11 is 0. The number of piperidine rings is 1. The number of carbonyl (C=O) groups excluding carboxylic acids is 1. The molecule has 1 atom stereocenters. The second kappa shape index (κ2) is 6.45. The Hall–Kier alpha value is -2.59. The highest BCUT2D eigenvalue weighted by atomic mass is 16.1. The number of likely N-dealkylation sites (tertiary alicyclic amines) is 1. The standard InChI is InChI=1S/C18H17N3O/c1-21-12-16(10-14-2-6-19-7-3-14)18(22)17(13-21)11-15-4-8-20-9-5-15/h2-11H,12-13H2,1H3/p+2. The van der Waals surface area contributed by atoms with Crippen molar-refractivity contribution < 1.29 is 14.7 Å². The lowest BCUT2D eigenvalue weighted by Gasteiger charge is -2.23. The molecule has 2 aromatic rings. The average Bonchev–Trinajstić information content (AvgIpc) is 2.54. The molecule has 1 fully saturated rings. The van der Waals surface area contributed by atoms with Crippen LogP contribution in [0.25, 0.3) is 12.2 Å². The van der Waals surface area contributed by atoms with E-state index in [0.29, 0.717) is 0 Å². The molecule has 0 spiro atoms. The molecule has 4 nitrogen and oxygen atoms in total. The molecule has 4 heteroatoms. The van der Waals surface area contributed by atoms with Crippen LogP contribution >= 0.6 is 0 Å². The van der Waals surface area contributed by atoms with E-state index in [-0.39, 0.29) is 5.78 Å². The number of hydrogen-bond acceptors (Lipinski definition) is 2. The van der Waals surface area contributed by atoms with Crippen molar-refractivity contribution in [1.29, 1.82) is 0 Å². The quantitative estimate of drug-likeness (QED) is 0.818. The van der Waals surface area contributed by atoms with E-state index in [1.54, 1.807) is 12.4 Å². The first-order chi connectivity index (χ1) is 10.7. The minimum Gasteiger partial charge on any atom is -0.330 e. The van der Waals surface area contributed by atoms with E-state index < -0.39 is 0 Å². The molecule has 1 aliphatic rings. The highest BCUT2D eigenvalue weighted by Crippen LogP contribution is 2.15. The van der Waals surface area contributed by atoms with Crippen LogP contribution in [0.3, 0.4) is 0 Å². The van der Waals surface area contributed by atoms with Crippen LogP contribution in [0.1, 0.15) is 11.1 Å². The van der Waals surface area contributed by atoms with E-state index in [2.05, 4.69) is 17.0 Å². The summed E-state index contributed by atoms with van der Waals surface area (Å²) in [7, 11) is 2.11. The summed E-state index contributed by atoms with van der Waals surface area (Å²) in [6.45, 7) is 1.51. The molecule has 2 aromatic heterocycles. The number of ketones is 1. The normalized spacial score (nSPS) is 22.2. The summed E-state index contributed by atoms with van der Waals surface area (Å²) in [5, 5.41) is 0. The van der Waals surface area contributed by atoms with Crippen molar-refractivity contribution in [2.75, 3.05) is 20.1 Å².